The first-order valence-electron chi connectivity index (χ1n) is 11.1. The first-order chi connectivity index (χ1) is 16.1. The molecule has 3 rings (SSSR count). The summed E-state index contributed by atoms with van der Waals surface area (Å²) in [6, 6.07) is 10.9. The number of nitrogens with one attached hydrogen (secondary N) is 2. The summed E-state index contributed by atoms with van der Waals surface area (Å²) in [4.78, 5) is 15.0. The number of sulfonamides is 1. The van der Waals surface area contributed by atoms with Crippen LogP contribution < -0.4 is 19.5 Å². The van der Waals surface area contributed by atoms with E-state index in [2.05, 4.69) is 17.0 Å². The summed E-state index contributed by atoms with van der Waals surface area (Å²) in [5.41, 5.74) is 0.519. The van der Waals surface area contributed by atoms with Gasteiger partial charge in [-0.1, -0.05) is 13.0 Å². The number of fused-ring (bicyclic) bond motifs is 1. The first kappa shape index (κ1) is 25.8. The van der Waals surface area contributed by atoms with Crippen molar-refractivity contribution in [2.24, 2.45) is 5.92 Å². The number of nitrogens with zero attached hydrogens (tertiary/aromatic N) is 1. The lowest BCUT2D eigenvalue weighted by Gasteiger charge is -2.30. The Balaban J connectivity index is 1.94. The highest BCUT2D eigenvalue weighted by atomic mass is 32.2. The Labute approximate surface area is 201 Å². The van der Waals surface area contributed by atoms with Gasteiger partial charge in [-0.3, -0.25) is 9.52 Å². The van der Waals surface area contributed by atoms with Gasteiger partial charge in [0, 0.05) is 45.0 Å². The first-order valence-corrected chi connectivity index (χ1v) is 12.6. The minimum Gasteiger partial charge on any atom is -0.497 e. The van der Waals surface area contributed by atoms with Gasteiger partial charge in [0.05, 0.1) is 23.7 Å². The van der Waals surface area contributed by atoms with Gasteiger partial charge in [0.25, 0.3) is 15.9 Å². The molecule has 1 aliphatic heterocycles. The van der Waals surface area contributed by atoms with Crippen LogP contribution in [0.2, 0.25) is 0 Å². The summed E-state index contributed by atoms with van der Waals surface area (Å²) in [7, 11) is 0.901. The average Bonchev–Trinajstić information content (AvgIpc) is 2.83. The zero-order valence-corrected chi connectivity index (χ0v) is 21.0. The Morgan fingerprint density at radius 2 is 1.91 bits per heavy atom. The predicted molar refractivity (Wildman–Crippen MR) is 130 cm³/mol. The second-order valence-corrected chi connectivity index (χ2v) is 10.2. The van der Waals surface area contributed by atoms with Crippen molar-refractivity contribution < 1.29 is 27.4 Å². The van der Waals surface area contributed by atoms with Crippen LogP contribution in [0.3, 0.4) is 0 Å². The molecule has 2 aromatic rings. The van der Waals surface area contributed by atoms with Crippen LogP contribution >= 0.6 is 0 Å². The topological polar surface area (TPSA) is 106 Å². The third-order valence-corrected chi connectivity index (χ3v) is 7.21. The molecule has 0 saturated carbocycles. The molecule has 1 aliphatic rings. The van der Waals surface area contributed by atoms with Crippen LogP contribution in [0.15, 0.2) is 47.4 Å². The maximum atomic E-state index is 13.4. The van der Waals surface area contributed by atoms with Crippen molar-refractivity contribution in [3.05, 3.63) is 48.0 Å². The molecule has 0 saturated heterocycles. The maximum absolute atomic E-state index is 13.4. The highest BCUT2D eigenvalue weighted by molar-refractivity contribution is 7.92. The Morgan fingerprint density at radius 3 is 2.62 bits per heavy atom. The van der Waals surface area contributed by atoms with Gasteiger partial charge in [-0.05, 0) is 43.2 Å². The van der Waals surface area contributed by atoms with Crippen LogP contribution in [-0.4, -0.2) is 72.3 Å². The molecule has 10 heteroatoms. The van der Waals surface area contributed by atoms with E-state index in [4.69, 9.17) is 14.2 Å². The zero-order valence-electron chi connectivity index (χ0n) is 20.2. The minimum atomic E-state index is -3.90. The molecular formula is C24H33N3O6S. The molecule has 2 aromatic carbocycles. The monoisotopic (exact) mass is 491 g/mol. The van der Waals surface area contributed by atoms with E-state index in [1.54, 1.807) is 43.3 Å². The van der Waals surface area contributed by atoms with Crippen molar-refractivity contribution in [3.63, 3.8) is 0 Å². The number of benzene rings is 2. The molecule has 34 heavy (non-hydrogen) atoms. The second-order valence-electron chi connectivity index (χ2n) is 8.55. The van der Waals surface area contributed by atoms with Crippen molar-refractivity contribution in [2.45, 2.75) is 30.9 Å². The van der Waals surface area contributed by atoms with Crippen molar-refractivity contribution >= 4 is 21.6 Å². The molecule has 1 heterocycles. The molecule has 1 amide bonds. The number of hydrogen-bond acceptors (Lipinski definition) is 7. The number of amides is 1. The Bertz CT molecular complexity index is 1110. The standard InChI is InChI=1S/C24H33N3O6S/c1-16-13-25-17(2)15-33-22-10-9-18(11-21(22)24(28)27(3)14-23(16)32-5)26-34(29,30)20-8-6-7-19(12-20)31-4/h6-12,16-17,23,25-26H,13-15H2,1-5H3/t16-,17+,23+/m1/s1. The maximum Gasteiger partial charge on any atom is 0.262 e. The predicted octanol–water partition coefficient (Wildman–Crippen LogP) is 2.59. The lowest BCUT2D eigenvalue weighted by molar-refractivity contribution is 0.0281. The summed E-state index contributed by atoms with van der Waals surface area (Å²) < 4.78 is 45.1. The molecule has 3 atom stereocenters. The quantitative estimate of drug-likeness (QED) is 0.662. The molecule has 0 spiro atoms. The van der Waals surface area contributed by atoms with Crippen LogP contribution in [0.5, 0.6) is 11.5 Å². The molecule has 186 valence electrons. The summed E-state index contributed by atoms with van der Waals surface area (Å²) in [5, 5.41) is 3.43. The van der Waals surface area contributed by atoms with Crippen molar-refractivity contribution in [1.29, 1.82) is 0 Å². The third kappa shape index (κ3) is 6.19. The summed E-state index contributed by atoms with van der Waals surface area (Å²) in [6.07, 6.45) is -0.160. The highest BCUT2D eigenvalue weighted by Crippen LogP contribution is 2.27. The normalized spacial score (nSPS) is 22.1. The lowest BCUT2D eigenvalue weighted by Crippen LogP contribution is -2.44. The molecule has 0 aliphatic carbocycles. The fraction of sp³-hybridized carbons (Fsp3) is 0.458. The van der Waals surface area contributed by atoms with Crippen LogP contribution in [0.25, 0.3) is 0 Å². The Morgan fingerprint density at radius 1 is 1.15 bits per heavy atom. The minimum absolute atomic E-state index is 0.0475. The fourth-order valence-corrected chi connectivity index (χ4v) is 4.79. The molecule has 2 N–H and O–H groups in total. The van der Waals surface area contributed by atoms with Crippen molar-refractivity contribution in [2.75, 3.05) is 45.7 Å². The molecule has 0 fully saturated rings. The Hall–Kier alpha value is -2.82. The van der Waals surface area contributed by atoms with Crippen LogP contribution in [-0.2, 0) is 14.8 Å². The van der Waals surface area contributed by atoms with Gasteiger partial charge in [-0.25, -0.2) is 8.42 Å². The second kappa shape index (κ2) is 11.1. The van der Waals surface area contributed by atoms with Gasteiger partial charge in [0.15, 0.2) is 0 Å². The lowest BCUT2D eigenvalue weighted by atomic mass is 10.0. The SMILES string of the molecule is COc1cccc(S(=O)(=O)Nc2ccc3c(c2)C(=O)N(C)C[C@H](OC)[C@H](C)CN[C@@H](C)CO3)c1. The Kier molecular flexibility index (Phi) is 8.40. The van der Waals surface area contributed by atoms with E-state index in [1.165, 1.54) is 25.3 Å². The van der Waals surface area contributed by atoms with Gasteiger partial charge in [-0.2, -0.15) is 0 Å². The smallest absolute Gasteiger partial charge is 0.262 e. The zero-order chi connectivity index (χ0) is 24.9. The van der Waals surface area contributed by atoms with E-state index in [-0.39, 0.29) is 40.1 Å². The molecule has 9 nitrogen and oxygen atoms in total. The molecule has 0 aromatic heterocycles. The summed E-state index contributed by atoms with van der Waals surface area (Å²) >= 11 is 0. The van der Waals surface area contributed by atoms with E-state index in [0.717, 1.165) is 6.54 Å². The van der Waals surface area contributed by atoms with Gasteiger partial charge in [0.1, 0.15) is 18.1 Å². The number of likely N-dealkylation sites (N-methyl/N-ethyl adjacent to an activating group) is 1. The summed E-state index contributed by atoms with van der Waals surface area (Å²) in [5.74, 6) is 0.697. The van der Waals surface area contributed by atoms with Crippen molar-refractivity contribution in [3.8, 4) is 11.5 Å². The number of rotatable bonds is 5. The van der Waals surface area contributed by atoms with Crippen LogP contribution in [0.1, 0.15) is 24.2 Å². The van der Waals surface area contributed by atoms with Gasteiger partial charge >= 0.3 is 0 Å². The molecular weight excluding hydrogens is 458 g/mol. The number of ether oxygens (including phenoxy) is 3. The van der Waals surface area contributed by atoms with Crippen molar-refractivity contribution in [1.82, 2.24) is 10.2 Å². The van der Waals surface area contributed by atoms with E-state index in [1.807, 2.05) is 6.92 Å². The van der Waals surface area contributed by atoms with E-state index < -0.39 is 10.0 Å². The van der Waals surface area contributed by atoms with Gasteiger partial charge < -0.3 is 24.4 Å². The molecule has 0 radical (unpaired) electrons. The van der Waals surface area contributed by atoms with Crippen LogP contribution in [0.4, 0.5) is 5.69 Å². The van der Waals surface area contributed by atoms with E-state index in [0.29, 0.717) is 24.7 Å². The summed E-state index contributed by atoms with van der Waals surface area (Å²) in [6.45, 7) is 5.53. The third-order valence-electron chi connectivity index (χ3n) is 5.83. The number of carbonyl (C=O) groups excluding carboxylic acids is 1. The number of methoxy groups -OCH3 is 2. The molecule has 0 bridgehead atoms. The number of hydrogen-bond donors (Lipinski definition) is 2. The van der Waals surface area contributed by atoms with Gasteiger partial charge in [0.2, 0.25) is 0 Å². The van der Waals surface area contributed by atoms with E-state index >= 15 is 0 Å². The highest BCUT2D eigenvalue weighted by Gasteiger charge is 2.26. The number of anilines is 1. The van der Waals surface area contributed by atoms with Gasteiger partial charge in [-0.15, -0.1) is 0 Å². The van der Waals surface area contributed by atoms with E-state index in [9.17, 15) is 13.2 Å². The molecule has 0 unspecified atom stereocenters. The largest absolute Gasteiger partial charge is 0.497 e. The van der Waals surface area contributed by atoms with Crippen LogP contribution in [0, 0.1) is 5.92 Å². The fourth-order valence-electron chi connectivity index (χ4n) is 3.71. The number of carbonyl (C=O) groups is 1. The average molecular weight is 492 g/mol.